The minimum atomic E-state index is 0.585. The van der Waals surface area contributed by atoms with Gasteiger partial charge in [-0.05, 0) is 68.0 Å². The number of oxime groups is 1. The van der Waals surface area contributed by atoms with Crippen LogP contribution in [-0.2, 0) is 11.3 Å². The fourth-order valence-electron chi connectivity index (χ4n) is 2.90. The summed E-state index contributed by atoms with van der Waals surface area (Å²) in [7, 11) is 1.55. The van der Waals surface area contributed by atoms with E-state index in [1.165, 1.54) is 5.56 Å². The Bertz CT molecular complexity index is 758. The van der Waals surface area contributed by atoms with Crippen molar-refractivity contribution in [2.45, 2.75) is 33.6 Å². The van der Waals surface area contributed by atoms with Crippen LogP contribution in [0.4, 0.5) is 0 Å². The van der Waals surface area contributed by atoms with Gasteiger partial charge in [-0.1, -0.05) is 41.6 Å². The average Bonchev–Trinajstić information content (AvgIpc) is 2.66. The van der Waals surface area contributed by atoms with Crippen LogP contribution in [0.1, 0.15) is 35.6 Å². The molecule has 27 heavy (non-hydrogen) atoms. The maximum absolute atomic E-state index is 6.06. The molecule has 4 heteroatoms. The zero-order valence-electron chi connectivity index (χ0n) is 16.7. The van der Waals surface area contributed by atoms with Crippen LogP contribution in [0.5, 0.6) is 11.5 Å². The number of hydrogen-bond donors (Lipinski definition) is 0. The van der Waals surface area contributed by atoms with Crippen molar-refractivity contribution in [3.8, 4) is 11.5 Å². The third kappa shape index (κ3) is 6.48. The molecule has 0 aliphatic carbocycles. The molecule has 2 aromatic carbocycles. The standard InChI is InChI=1S/C23H29NO3/c1-5-6-13-26-22-15-18(2)23(19(3)16-22)27-14-9-12-20-10-7-8-11-21(20)17-24-25-4/h5-8,10-11,15-17H,9,12-14H2,1-4H3/b6-5+,24-17+. The van der Waals surface area contributed by atoms with Gasteiger partial charge in [0, 0.05) is 0 Å². The first kappa shape index (κ1) is 20.6. The van der Waals surface area contributed by atoms with E-state index in [0.717, 1.165) is 41.0 Å². The SMILES string of the molecule is C/C=C/COc1cc(C)c(OCCCc2ccccc2/C=N/OC)c(C)c1. The number of benzene rings is 2. The van der Waals surface area contributed by atoms with Gasteiger partial charge in [-0.2, -0.15) is 0 Å². The quantitative estimate of drug-likeness (QED) is 0.249. The number of allylic oxidation sites excluding steroid dienone is 1. The van der Waals surface area contributed by atoms with Gasteiger partial charge in [0.2, 0.25) is 0 Å². The summed E-state index contributed by atoms with van der Waals surface area (Å²) < 4.78 is 11.8. The van der Waals surface area contributed by atoms with Gasteiger partial charge in [-0.25, -0.2) is 0 Å². The molecule has 144 valence electrons. The molecule has 0 unspecified atom stereocenters. The van der Waals surface area contributed by atoms with Crippen molar-refractivity contribution in [2.24, 2.45) is 5.16 Å². The van der Waals surface area contributed by atoms with Gasteiger partial charge in [0.15, 0.2) is 0 Å². The predicted molar refractivity (Wildman–Crippen MR) is 111 cm³/mol. The molecule has 0 saturated carbocycles. The van der Waals surface area contributed by atoms with Crippen molar-refractivity contribution in [1.29, 1.82) is 0 Å². The molecule has 0 heterocycles. The van der Waals surface area contributed by atoms with Gasteiger partial charge in [-0.3, -0.25) is 0 Å². The van der Waals surface area contributed by atoms with Crippen molar-refractivity contribution in [1.82, 2.24) is 0 Å². The van der Waals surface area contributed by atoms with Crippen LogP contribution in [0.2, 0.25) is 0 Å². The molecule has 0 radical (unpaired) electrons. The maximum Gasteiger partial charge on any atom is 0.125 e. The van der Waals surface area contributed by atoms with Crippen LogP contribution >= 0.6 is 0 Å². The number of hydrogen-bond acceptors (Lipinski definition) is 4. The van der Waals surface area contributed by atoms with Crippen molar-refractivity contribution >= 4 is 6.21 Å². The summed E-state index contributed by atoms with van der Waals surface area (Å²) in [6.07, 6.45) is 7.57. The van der Waals surface area contributed by atoms with Crippen LogP contribution in [0.3, 0.4) is 0 Å². The van der Waals surface area contributed by atoms with E-state index < -0.39 is 0 Å². The van der Waals surface area contributed by atoms with E-state index in [4.69, 9.17) is 14.3 Å². The number of nitrogens with zero attached hydrogens (tertiary/aromatic N) is 1. The normalized spacial score (nSPS) is 11.3. The van der Waals surface area contributed by atoms with E-state index in [1.807, 2.05) is 49.4 Å². The molecular weight excluding hydrogens is 338 g/mol. The minimum absolute atomic E-state index is 0.585. The first-order valence-electron chi connectivity index (χ1n) is 9.28. The Balaban J connectivity index is 1.91. The van der Waals surface area contributed by atoms with Crippen molar-refractivity contribution in [3.63, 3.8) is 0 Å². The summed E-state index contributed by atoms with van der Waals surface area (Å²) >= 11 is 0. The molecule has 0 amide bonds. The summed E-state index contributed by atoms with van der Waals surface area (Å²) in [6.45, 7) is 7.35. The van der Waals surface area contributed by atoms with Gasteiger partial charge in [-0.15, -0.1) is 0 Å². The highest BCUT2D eigenvalue weighted by Gasteiger charge is 2.08. The molecule has 0 atom stereocenters. The van der Waals surface area contributed by atoms with Crippen LogP contribution < -0.4 is 9.47 Å². The van der Waals surface area contributed by atoms with Gasteiger partial charge in [0.05, 0.1) is 12.8 Å². The summed E-state index contributed by atoms with van der Waals surface area (Å²) in [6, 6.07) is 12.3. The smallest absolute Gasteiger partial charge is 0.125 e. The Morgan fingerprint density at radius 2 is 1.78 bits per heavy atom. The molecule has 0 spiro atoms. The molecule has 0 bridgehead atoms. The minimum Gasteiger partial charge on any atom is -0.493 e. The lowest BCUT2D eigenvalue weighted by Gasteiger charge is -2.14. The maximum atomic E-state index is 6.06. The second kappa shape index (κ2) is 11.1. The molecule has 0 aliphatic heterocycles. The van der Waals surface area contributed by atoms with Crippen molar-refractivity contribution in [2.75, 3.05) is 20.3 Å². The van der Waals surface area contributed by atoms with Crippen LogP contribution in [0.15, 0.2) is 53.7 Å². The van der Waals surface area contributed by atoms with Crippen molar-refractivity contribution in [3.05, 3.63) is 70.8 Å². The van der Waals surface area contributed by atoms with Gasteiger partial charge in [0.25, 0.3) is 0 Å². The number of ether oxygens (including phenoxy) is 2. The highest BCUT2D eigenvalue weighted by Crippen LogP contribution is 2.28. The highest BCUT2D eigenvalue weighted by molar-refractivity contribution is 5.81. The fourth-order valence-corrected chi connectivity index (χ4v) is 2.90. The topological polar surface area (TPSA) is 40.0 Å². The average molecular weight is 367 g/mol. The van der Waals surface area contributed by atoms with Gasteiger partial charge >= 0.3 is 0 Å². The van der Waals surface area contributed by atoms with Gasteiger partial charge < -0.3 is 14.3 Å². The molecule has 0 aliphatic rings. The number of aryl methyl sites for hydroxylation is 3. The van der Waals surface area contributed by atoms with Crippen LogP contribution in [0, 0.1) is 13.8 Å². The van der Waals surface area contributed by atoms with Crippen LogP contribution in [0.25, 0.3) is 0 Å². The first-order chi connectivity index (χ1) is 13.2. The van der Waals surface area contributed by atoms with E-state index in [9.17, 15) is 0 Å². The zero-order chi connectivity index (χ0) is 19.5. The second-order valence-corrected chi connectivity index (χ2v) is 6.33. The lowest BCUT2D eigenvalue weighted by molar-refractivity contribution is 0.215. The first-order valence-corrected chi connectivity index (χ1v) is 9.28. The fraction of sp³-hybridized carbons (Fsp3) is 0.348. The lowest BCUT2D eigenvalue weighted by atomic mass is 10.0. The summed E-state index contributed by atoms with van der Waals surface area (Å²) in [4.78, 5) is 4.78. The summed E-state index contributed by atoms with van der Waals surface area (Å²) in [5.41, 5.74) is 4.51. The Hall–Kier alpha value is -2.75. The summed E-state index contributed by atoms with van der Waals surface area (Å²) in [5, 5.41) is 3.86. The second-order valence-electron chi connectivity index (χ2n) is 6.33. The Morgan fingerprint density at radius 3 is 2.48 bits per heavy atom. The largest absolute Gasteiger partial charge is 0.493 e. The predicted octanol–water partition coefficient (Wildman–Crippen LogP) is 5.25. The highest BCUT2D eigenvalue weighted by atomic mass is 16.6. The molecule has 2 aromatic rings. The van der Waals surface area contributed by atoms with Crippen molar-refractivity contribution < 1.29 is 14.3 Å². The molecular formula is C23H29NO3. The molecule has 0 aromatic heterocycles. The van der Waals surface area contributed by atoms with Gasteiger partial charge in [0.1, 0.15) is 25.2 Å². The molecule has 0 fully saturated rings. The van der Waals surface area contributed by atoms with E-state index in [0.29, 0.717) is 13.2 Å². The van der Waals surface area contributed by atoms with E-state index in [2.05, 4.69) is 25.1 Å². The molecule has 0 N–H and O–H groups in total. The third-order valence-electron chi connectivity index (χ3n) is 4.20. The zero-order valence-corrected chi connectivity index (χ0v) is 16.7. The number of rotatable bonds is 10. The van der Waals surface area contributed by atoms with E-state index >= 15 is 0 Å². The third-order valence-corrected chi connectivity index (χ3v) is 4.20. The Labute approximate surface area is 162 Å². The van der Waals surface area contributed by atoms with Crippen LogP contribution in [-0.4, -0.2) is 26.5 Å². The molecule has 4 nitrogen and oxygen atoms in total. The Kier molecular flexibility index (Phi) is 8.43. The Morgan fingerprint density at radius 1 is 1.04 bits per heavy atom. The lowest BCUT2D eigenvalue weighted by Crippen LogP contribution is -2.04. The van der Waals surface area contributed by atoms with E-state index in [1.54, 1.807) is 13.3 Å². The molecule has 2 rings (SSSR count). The monoisotopic (exact) mass is 367 g/mol. The molecule has 0 saturated heterocycles. The van der Waals surface area contributed by atoms with E-state index in [-0.39, 0.29) is 0 Å². The summed E-state index contributed by atoms with van der Waals surface area (Å²) in [5.74, 6) is 1.82.